The van der Waals surface area contributed by atoms with Gasteiger partial charge in [-0.1, -0.05) is 25.7 Å². The van der Waals surface area contributed by atoms with E-state index in [9.17, 15) is 19.1 Å². The summed E-state index contributed by atoms with van der Waals surface area (Å²) < 4.78 is 14.5. The van der Waals surface area contributed by atoms with Gasteiger partial charge in [-0.2, -0.15) is 0 Å². The van der Waals surface area contributed by atoms with E-state index in [1.54, 1.807) is 6.92 Å². The molecule has 1 amide bonds. The standard InChI is InChI=1S/C18H21FN4O3/c1-12-20-15(22-23(12)14-8-6-13(19)7-9-14)16(24)21-18(17(25)26)10-4-2-3-5-11-18/h6-9H,2-5,10-11H2,1H3,(H,21,24)(H,25,26). The van der Waals surface area contributed by atoms with Crippen molar-refractivity contribution < 1.29 is 19.1 Å². The van der Waals surface area contributed by atoms with Gasteiger partial charge >= 0.3 is 5.97 Å². The van der Waals surface area contributed by atoms with Crippen molar-refractivity contribution in [3.8, 4) is 5.69 Å². The highest BCUT2D eigenvalue weighted by molar-refractivity contribution is 5.95. The number of carboxylic acids is 1. The van der Waals surface area contributed by atoms with Crippen LogP contribution in [0.25, 0.3) is 5.69 Å². The zero-order valence-electron chi connectivity index (χ0n) is 14.5. The average Bonchev–Trinajstić information content (AvgIpc) is 2.84. The Labute approximate surface area is 150 Å². The molecule has 2 aromatic rings. The molecule has 0 radical (unpaired) electrons. The molecule has 1 saturated carbocycles. The number of amides is 1. The number of nitrogens with zero attached hydrogens (tertiary/aromatic N) is 3. The van der Waals surface area contributed by atoms with Crippen LogP contribution in [-0.2, 0) is 4.79 Å². The quantitative estimate of drug-likeness (QED) is 0.817. The van der Waals surface area contributed by atoms with Crippen LogP contribution in [0.5, 0.6) is 0 Å². The number of aliphatic carboxylic acids is 1. The molecule has 1 fully saturated rings. The minimum atomic E-state index is -1.27. The highest BCUT2D eigenvalue weighted by atomic mass is 19.1. The molecule has 0 unspecified atom stereocenters. The van der Waals surface area contributed by atoms with Gasteiger partial charge in [-0.05, 0) is 44.0 Å². The number of aromatic nitrogens is 3. The Bertz CT molecular complexity index is 808. The number of aryl methyl sites for hydroxylation is 1. The SMILES string of the molecule is Cc1nc(C(=O)NC2(C(=O)O)CCCCCC2)nn1-c1ccc(F)cc1. The Morgan fingerprint density at radius 1 is 1.15 bits per heavy atom. The smallest absolute Gasteiger partial charge is 0.329 e. The number of benzene rings is 1. The van der Waals surface area contributed by atoms with E-state index >= 15 is 0 Å². The summed E-state index contributed by atoms with van der Waals surface area (Å²) in [6.45, 7) is 1.67. The number of halogens is 1. The molecule has 1 aliphatic carbocycles. The van der Waals surface area contributed by atoms with Crippen LogP contribution in [0.4, 0.5) is 4.39 Å². The molecule has 0 saturated heterocycles. The van der Waals surface area contributed by atoms with Gasteiger partial charge in [-0.25, -0.2) is 18.9 Å². The van der Waals surface area contributed by atoms with Crippen LogP contribution in [-0.4, -0.2) is 37.3 Å². The monoisotopic (exact) mass is 360 g/mol. The van der Waals surface area contributed by atoms with Gasteiger partial charge in [0.05, 0.1) is 5.69 Å². The van der Waals surface area contributed by atoms with Crippen LogP contribution in [0.3, 0.4) is 0 Å². The average molecular weight is 360 g/mol. The summed E-state index contributed by atoms with van der Waals surface area (Å²) in [5.41, 5.74) is -0.708. The van der Waals surface area contributed by atoms with E-state index in [2.05, 4.69) is 15.4 Å². The third kappa shape index (κ3) is 3.58. The first-order valence-corrected chi connectivity index (χ1v) is 8.67. The Hall–Kier alpha value is -2.77. The van der Waals surface area contributed by atoms with Crippen molar-refractivity contribution in [2.24, 2.45) is 0 Å². The number of nitrogens with one attached hydrogen (secondary N) is 1. The normalized spacial score (nSPS) is 16.7. The van der Waals surface area contributed by atoms with Gasteiger partial charge < -0.3 is 10.4 Å². The minimum Gasteiger partial charge on any atom is -0.480 e. The molecule has 0 atom stereocenters. The molecule has 2 N–H and O–H groups in total. The van der Waals surface area contributed by atoms with Crippen LogP contribution < -0.4 is 5.32 Å². The van der Waals surface area contributed by atoms with E-state index in [1.165, 1.54) is 28.9 Å². The fraction of sp³-hybridized carbons (Fsp3) is 0.444. The summed E-state index contributed by atoms with van der Waals surface area (Å²) in [7, 11) is 0. The van der Waals surface area contributed by atoms with Crippen LogP contribution in [0.2, 0.25) is 0 Å². The number of hydrogen-bond acceptors (Lipinski definition) is 4. The highest BCUT2D eigenvalue weighted by Crippen LogP contribution is 2.27. The van der Waals surface area contributed by atoms with Crippen LogP contribution in [0.1, 0.15) is 55.0 Å². The number of carbonyl (C=O) groups excluding carboxylic acids is 1. The number of rotatable bonds is 4. The van der Waals surface area contributed by atoms with E-state index in [0.29, 0.717) is 24.4 Å². The fourth-order valence-corrected chi connectivity index (χ4v) is 3.31. The lowest BCUT2D eigenvalue weighted by Gasteiger charge is -2.28. The zero-order valence-corrected chi connectivity index (χ0v) is 14.5. The third-order valence-corrected chi connectivity index (χ3v) is 4.76. The van der Waals surface area contributed by atoms with Crippen LogP contribution >= 0.6 is 0 Å². The summed E-state index contributed by atoms with van der Waals surface area (Å²) in [4.78, 5) is 28.6. The van der Waals surface area contributed by atoms with Gasteiger partial charge in [-0.15, -0.1) is 5.10 Å². The van der Waals surface area contributed by atoms with Gasteiger partial charge in [0.15, 0.2) is 0 Å². The topological polar surface area (TPSA) is 97.1 Å². The molecule has 0 bridgehead atoms. The molecule has 138 valence electrons. The summed E-state index contributed by atoms with van der Waals surface area (Å²) in [6, 6.07) is 5.65. The summed E-state index contributed by atoms with van der Waals surface area (Å²) >= 11 is 0. The van der Waals surface area contributed by atoms with Crippen LogP contribution in [0.15, 0.2) is 24.3 Å². The first kappa shape index (κ1) is 18.0. The number of carboxylic acid groups (broad SMARTS) is 1. The van der Waals surface area contributed by atoms with Gasteiger partial charge in [0, 0.05) is 0 Å². The molecule has 1 aromatic carbocycles. The fourth-order valence-electron chi connectivity index (χ4n) is 3.31. The lowest BCUT2D eigenvalue weighted by atomic mass is 9.90. The largest absolute Gasteiger partial charge is 0.480 e. The van der Waals surface area contributed by atoms with Gasteiger partial charge in [0.25, 0.3) is 5.91 Å². The maximum Gasteiger partial charge on any atom is 0.329 e. The summed E-state index contributed by atoms with van der Waals surface area (Å²) in [5.74, 6) is -1.66. The maximum absolute atomic E-state index is 13.1. The van der Waals surface area contributed by atoms with Gasteiger partial charge in [0.1, 0.15) is 17.2 Å². The second kappa shape index (κ2) is 7.23. The first-order valence-electron chi connectivity index (χ1n) is 8.67. The molecule has 3 rings (SSSR count). The van der Waals surface area contributed by atoms with Gasteiger partial charge in [0.2, 0.25) is 5.82 Å². The van der Waals surface area contributed by atoms with Crippen molar-refractivity contribution in [2.75, 3.05) is 0 Å². The molecule has 1 aromatic heterocycles. The molecular formula is C18H21FN4O3. The van der Waals surface area contributed by atoms with Crippen molar-refractivity contribution >= 4 is 11.9 Å². The highest BCUT2D eigenvalue weighted by Gasteiger charge is 2.41. The molecule has 8 heteroatoms. The maximum atomic E-state index is 13.1. The Balaban J connectivity index is 1.84. The lowest BCUT2D eigenvalue weighted by Crippen LogP contribution is -2.54. The third-order valence-electron chi connectivity index (χ3n) is 4.76. The lowest BCUT2D eigenvalue weighted by molar-refractivity contribution is -0.145. The van der Waals surface area contributed by atoms with Crippen molar-refractivity contribution in [2.45, 2.75) is 51.0 Å². The molecule has 7 nitrogen and oxygen atoms in total. The van der Waals surface area contributed by atoms with E-state index in [1.807, 2.05) is 0 Å². The predicted molar refractivity (Wildman–Crippen MR) is 91.6 cm³/mol. The zero-order chi connectivity index (χ0) is 18.7. The van der Waals surface area contributed by atoms with Crippen molar-refractivity contribution in [3.05, 3.63) is 41.7 Å². The van der Waals surface area contributed by atoms with Crippen molar-refractivity contribution in [3.63, 3.8) is 0 Å². The Morgan fingerprint density at radius 2 is 1.77 bits per heavy atom. The second-order valence-electron chi connectivity index (χ2n) is 6.63. The molecule has 26 heavy (non-hydrogen) atoms. The Morgan fingerprint density at radius 3 is 2.35 bits per heavy atom. The number of carbonyl (C=O) groups is 2. The minimum absolute atomic E-state index is 0.100. The number of hydrogen-bond donors (Lipinski definition) is 2. The van der Waals surface area contributed by atoms with Crippen LogP contribution in [0, 0.1) is 12.7 Å². The molecule has 1 heterocycles. The van der Waals surface area contributed by atoms with Crippen molar-refractivity contribution in [1.29, 1.82) is 0 Å². The summed E-state index contributed by atoms with van der Waals surface area (Å²) in [6.07, 6.45) is 4.21. The predicted octanol–water partition coefficient (Wildman–Crippen LogP) is 2.62. The second-order valence-corrected chi connectivity index (χ2v) is 6.63. The summed E-state index contributed by atoms with van der Waals surface area (Å²) in [5, 5.41) is 16.5. The Kier molecular flexibility index (Phi) is 5.01. The first-order chi connectivity index (χ1) is 12.4. The van der Waals surface area contributed by atoms with E-state index in [0.717, 1.165) is 25.7 Å². The molecular weight excluding hydrogens is 339 g/mol. The van der Waals surface area contributed by atoms with E-state index in [-0.39, 0.29) is 11.6 Å². The molecule has 1 aliphatic rings. The van der Waals surface area contributed by atoms with E-state index < -0.39 is 17.4 Å². The van der Waals surface area contributed by atoms with Crippen molar-refractivity contribution in [1.82, 2.24) is 20.1 Å². The van der Waals surface area contributed by atoms with Gasteiger partial charge in [-0.3, -0.25) is 4.79 Å². The molecule has 0 aliphatic heterocycles. The van der Waals surface area contributed by atoms with E-state index in [4.69, 9.17) is 0 Å². The molecule has 0 spiro atoms.